The normalized spacial score (nSPS) is 11.0. The summed E-state index contributed by atoms with van der Waals surface area (Å²) in [6.45, 7) is 7.60. The topological polar surface area (TPSA) is 68.5 Å². The first-order chi connectivity index (χ1) is 16.3. The maximum Gasteiger partial charge on any atom is 0.260 e. The summed E-state index contributed by atoms with van der Waals surface area (Å²) in [5.41, 5.74) is 3.48. The number of aromatic nitrogens is 2. The number of rotatable bonds is 7. The summed E-state index contributed by atoms with van der Waals surface area (Å²) < 4.78 is 25.6. The van der Waals surface area contributed by atoms with Gasteiger partial charge >= 0.3 is 0 Å². The van der Waals surface area contributed by atoms with E-state index in [1.165, 1.54) is 12.3 Å². The maximum absolute atomic E-state index is 14.5. The number of carbonyl (C=O) groups excluding carboxylic acids is 1. The molecule has 0 aliphatic rings. The van der Waals surface area contributed by atoms with Crippen LogP contribution in [-0.2, 0) is 6.61 Å². The van der Waals surface area contributed by atoms with Crippen LogP contribution >= 0.6 is 0 Å². The smallest absolute Gasteiger partial charge is 0.260 e. The first-order valence-electron chi connectivity index (χ1n) is 11.0. The number of amides is 1. The number of halogens is 1. The van der Waals surface area contributed by atoms with Crippen LogP contribution in [0.3, 0.4) is 0 Å². The van der Waals surface area contributed by atoms with Gasteiger partial charge in [0, 0.05) is 29.6 Å². The van der Waals surface area contributed by atoms with Crippen molar-refractivity contribution in [2.24, 2.45) is 0 Å². The van der Waals surface area contributed by atoms with Crippen molar-refractivity contribution < 1.29 is 18.4 Å². The van der Waals surface area contributed by atoms with E-state index in [1.807, 2.05) is 57.2 Å². The number of aryl methyl sites for hydroxylation is 2. The summed E-state index contributed by atoms with van der Waals surface area (Å²) in [7, 11) is 0. The molecule has 4 rings (SSSR count). The highest BCUT2D eigenvalue weighted by atomic mass is 19.1. The Bertz CT molecular complexity index is 1280. The fraction of sp³-hybridized carbons (Fsp3) is 0.222. The molecule has 34 heavy (non-hydrogen) atoms. The van der Waals surface area contributed by atoms with E-state index in [2.05, 4.69) is 10.1 Å². The second kappa shape index (κ2) is 9.87. The number of benzene rings is 2. The maximum atomic E-state index is 14.5. The number of hydrogen-bond donors (Lipinski definition) is 0. The summed E-state index contributed by atoms with van der Waals surface area (Å²) >= 11 is 0. The molecular weight excluding hydrogens is 433 g/mol. The predicted octanol–water partition coefficient (Wildman–Crippen LogP) is 6.13. The first-order valence-corrected chi connectivity index (χ1v) is 11.0. The van der Waals surface area contributed by atoms with E-state index in [0.29, 0.717) is 34.0 Å². The van der Waals surface area contributed by atoms with Gasteiger partial charge in [-0.2, -0.15) is 0 Å². The number of anilines is 1. The van der Waals surface area contributed by atoms with Gasteiger partial charge in [-0.25, -0.2) is 9.37 Å². The van der Waals surface area contributed by atoms with E-state index >= 15 is 0 Å². The highest BCUT2D eigenvalue weighted by molar-refractivity contribution is 6.06. The molecule has 2 heterocycles. The lowest BCUT2D eigenvalue weighted by atomic mass is 10.0. The summed E-state index contributed by atoms with van der Waals surface area (Å²) in [5.74, 6) is 0.358. The van der Waals surface area contributed by atoms with Crippen molar-refractivity contribution in [3.63, 3.8) is 0 Å². The first kappa shape index (κ1) is 23.2. The minimum absolute atomic E-state index is 0.0250. The van der Waals surface area contributed by atoms with Gasteiger partial charge in [0.1, 0.15) is 23.9 Å². The molecule has 0 aliphatic carbocycles. The Hall–Kier alpha value is -4.00. The Morgan fingerprint density at radius 3 is 2.50 bits per heavy atom. The Morgan fingerprint density at radius 2 is 1.85 bits per heavy atom. The third-order valence-corrected chi connectivity index (χ3v) is 5.48. The van der Waals surface area contributed by atoms with E-state index < -0.39 is 0 Å². The van der Waals surface area contributed by atoms with Crippen molar-refractivity contribution >= 4 is 11.6 Å². The molecule has 0 aliphatic heterocycles. The summed E-state index contributed by atoms with van der Waals surface area (Å²) in [6, 6.07) is 17.8. The van der Waals surface area contributed by atoms with Crippen LogP contribution in [0.15, 0.2) is 71.4 Å². The summed E-state index contributed by atoms with van der Waals surface area (Å²) in [4.78, 5) is 19.2. The highest BCUT2D eigenvalue weighted by Gasteiger charge is 2.22. The Balaban J connectivity index is 1.50. The predicted molar refractivity (Wildman–Crippen MR) is 128 cm³/mol. The number of ether oxygens (including phenoxy) is 1. The van der Waals surface area contributed by atoms with Crippen LogP contribution < -0.4 is 9.64 Å². The lowest BCUT2D eigenvalue weighted by Crippen LogP contribution is -2.37. The van der Waals surface area contributed by atoms with Gasteiger partial charge in [0.2, 0.25) is 5.88 Å². The van der Waals surface area contributed by atoms with Crippen LogP contribution in [0.2, 0.25) is 0 Å². The van der Waals surface area contributed by atoms with Crippen molar-refractivity contribution in [3.05, 3.63) is 95.1 Å². The molecule has 6 nitrogen and oxygen atoms in total. The SMILES string of the molecule is Cc1ccc(-c2noc(C)c2COc2ccc(C(=O)N(c3ccccc3)C(C)C)cn2)c(F)c1. The highest BCUT2D eigenvalue weighted by Crippen LogP contribution is 2.29. The van der Waals surface area contributed by atoms with E-state index in [9.17, 15) is 9.18 Å². The van der Waals surface area contributed by atoms with Crippen LogP contribution in [0.25, 0.3) is 11.3 Å². The van der Waals surface area contributed by atoms with Crippen LogP contribution in [0.1, 0.15) is 41.1 Å². The van der Waals surface area contributed by atoms with Crippen LogP contribution in [-0.4, -0.2) is 22.1 Å². The second-order valence-corrected chi connectivity index (χ2v) is 8.33. The fourth-order valence-electron chi connectivity index (χ4n) is 3.70. The van der Waals surface area contributed by atoms with Gasteiger partial charge < -0.3 is 14.2 Å². The molecule has 4 aromatic rings. The van der Waals surface area contributed by atoms with Gasteiger partial charge in [-0.1, -0.05) is 29.4 Å². The fourth-order valence-corrected chi connectivity index (χ4v) is 3.70. The molecule has 1 amide bonds. The number of hydrogen-bond acceptors (Lipinski definition) is 5. The Labute approximate surface area is 198 Å². The van der Waals surface area contributed by atoms with Crippen LogP contribution in [0.5, 0.6) is 5.88 Å². The van der Waals surface area contributed by atoms with Crippen LogP contribution in [0, 0.1) is 19.7 Å². The monoisotopic (exact) mass is 459 g/mol. The second-order valence-electron chi connectivity index (χ2n) is 8.33. The molecule has 7 heteroatoms. The number of para-hydroxylation sites is 1. The van der Waals surface area contributed by atoms with Crippen molar-refractivity contribution in [1.82, 2.24) is 10.1 Å². The molecular formula is C27H26FN3O3. The number of pyridine rings is 1. The molecule has 0 bridgehead atoms. The molecule has 0 radical (unpaired) electrons. The van der Waals surface area contributed by atoms with Gasteiger partial charge in [0.05, 0.1) is 11.1 Å². The molecule has 0 spiro atoms. The zero-order valence-electron chi connectivity index (χ0n) is 19.6. The zero-order chi connectivity index (χ0) is 24.2. The largest absolute Gasteiger partial charge is 0.473 e. The van der Waals surface area contributed by atoms with Gasteiger partial charge in [-0.05, 0) is 63.6 Å². The van der Waals surface area contributed by atoms with E-state index in [4.69, 9.17) is 9.26 Å². The van der Waals surface area contributed by atoms with E-state index in [1.54, 1.807) is 30.0 Å². The summed E-state index contributed by atoms with van der Waals surface area (Å²) in [6.07, 6.45) is 1.50. The van der Waals surface area contributed by atoms with E-state index in [-0.39, 0.29) is 24.4 Å². The van der Waals surface area contributed by atoms with Gasteiger partial charge in [0.15, 0.2) is 0 Å². The van der Waals surface area contributed by atoms with Crippen molar-refractivity contribution in [3.8, 4) is 17.1 Å². The molecule has 0 saturated carbocycles. The Morgan fingerprint density at radius 1 is 1.09 bits per heavy atom. The molecule has 174 valence electrons. The molecule has 2 aromatic carbocycles. The minimum atomic E-state index is -0.372. The van der Waals surface area contributed by atoms with Gasteiger partial charge in [-0.15, -0.1) is 0 Å². The zero-order valence-corrected chi connectivity index (χ0v) is 19.6. The van der Waals surface area contributed by atoms with E-state index in [0.717, 1.165) is 11.3 Å². The van der Waals surface area contributed by atoms with Crippen LogP contribution in [0.4, 0.5) is 10.1 Å². The van der Waals surface area contributed by atoms with Crippen molar-refractivity contribution in [2.45, 2.75) is 40.3 Å². The number of carbonyl (C=O) groups is 1. The summed E-state index contributed by atoms with van der Waals surface area (Å²) in [5, 5.41) is 4.03. The van der Waals surface area contributed by atoms with Gasteiger partial charge in [-0.3, -0.25) is 4.79 Å². The lowest BCUT2D eigenvalue weighted by molar-refractivity contribution is 0.0980. The third kappa shape index (κ3) is 4.83. The lowest BCUT2D eigenvalue weighted by Gasteiger charge is -2.26. The third-order valence-electron chi connectivity index (χ3n) is 5.48. The molecule has 2 aromatic heterocycles. The minimum Gasteiger partial charge on any atom is -0.473 e. The average molecular weight is 460 g/mol. The molecule has 0 saturated heterocycles. The molecule has 0 atom stereocenters. The molecule has 0 unspecified atom stereocenters. The molecule has 0 N–H and O–H groups in total. The molecule has 0 fully saturated rings. The van der Waals surface area contributed by atoms with Crippen molar-refractivity contribution in [1.29, 1.82) is 0 Å². The standard InChI is InChI=1S/C27H26FN3O3/c1-17(2)31(21-8-6-5-7-9-21)27(32)20-11-13-25(29-15-20)33-16-23-19(4)34-30-26(23)22-12-10-18(3)14-24(22)28/h5-15,17H,16H2,1-4H3. The number of nitrogens with zero attached hydrogens (tertiary/aromatic N) is 3. The average Bonchev–Trinajstić information content (AvgIpc) is 3.18. The van der Waals surface area contributed by atoms with Gasteiger partial charge in [0.25, 0.3) is 5.91 Å². The Kier molecular flexibility index (Phi) is 6.72. The van der Waals surface area contributed by atoms with Crippen molar-refractivity contribution in [2.75, 3.05) is 4.90 Å². The quantitative estimate of drug-likeness (QED) is 0.333.